The Kier molecular flexibility index (Phi) is 26.8. The van der Waals surface area contributed by atoms with Crippen molar-refractivity contribution in [2.45, 2.75) is 152 Å². The fraction of sp³-hybridized carbons (Fsp3) is 0.657. The summed E-state index contributed by atoms with van der Waals surface area (Å²) >= 11 is 0. The fourth-order valence-electron chi connectivity index (χ4n) is 4.08. The van der Waals surface area contributed by atoms with Gasteiger partial charge in [-0.2, -0.15) is 0 Å². The molecule has 2 aliphatic heterocycles. The van der Waals surface area contributed by atoms with Crippen LogP contribution in [0.4, 0.5) is 0 Å². The molecule has 0 aliphatic carbocycles. The number of ether oxygens (including phenoxy) is 4. The Labute approximate surface area is 242 Å². The van der Waals surface area contributed by atoms with E-state index in [4.69, 9.17) is 18.9 Å². The molecule has 0 N–H and O–H groups in total. The predicted molar refractivity (Wildman–Crippen MR) is 169 cm³/mol. The molecule has 2 aliphatic rings. The van der Waals surface area contributed by atoms with Crippen LogP contribution in [-0.4, -0.2) is 30.7 Å². The zero-order chi connectivity index (χ0) is 30.1. The van der Waals surface area contributed by atoms with E-state index in [0.717, 1.165) is 37.7 Å². The van der Waals surface area contributed by atoms with E-state index in [2.05, 4.69) is 64.1 Å². The molecule has 2 heterocycles. The number of hydrogen-bond donors (Lipinski definition) is 0. The van der Waals surface area contributed by atoms with Gasteiger partial charge in [0.15, 0.2) is 12.6 Å². The minimum Gasteiger partial charge on any atom is -0.349 e. The lowest BCUT2D eigenvalue weighted by Gasteiger charge is -2.34. The maximum atomic E-state index is 5.89. The Morgan fingerprint density at radius 1 is 0.564 bits per heavy atom. The van der Waals surface area contributed by atoms with Crippen molar-refractivity contribution in [2.75, 3.05) is 0 Å². The molecule has 0 spiro atoms. The molecule has 0 aromatic heterocycles. The van der Waals surface area contributed by atoms with E-state index in [1.807, 2.05) is 79.7 Å². The molecule has 2 fully saturated rings. The first-order chi connectivity index (χ1) is 19.1. The lowest BCUT2D eigenvalue weighted by Crippen LogP contribution is -2.37. The van der Waals surface area contributed by atoms with Crippen molar-refractivity contribution in [2.24, 2.45) is 0 Å². The van der Waals surface area contributed by atoms with Crippen molar-refractivity contribution in [1.82, 2.24) is 0 Å². The van der Waals surface area contributed by atoms with Crippen LogP contribution in [0.1, 0.15) is 126 Å². The van der Waals surface area contributed by atoms with E-state index >= 15 is 0 Å². The van der Waals surface area contributed by atoms with Gasteiger partial charge in [-0.3, -0.25) is 0 Å². The Balaban J connectivity index is 0. The maximum Gasteiger partial charge on any atom is 0.184 e. The van der Waals surface area contributed by atoms with Crippen LogP contribution in [0.25, 0.3) is 0 Å². The van der Waals surface area contributed by atoms with E-state index in [-0.39, 0.29) is 18.7 Å². The lowest BCUT2D eigenvalue weighted by atomic mass is 10.1. The summed E-state index contributed by atoms with van der Waals surface area (Å²) in [4.78, 5) is 0. The van der Waals surface area contributed by atoms with Gasteiger partial charge in [-0.1, -0.05) is 130 Å². The number of hydrogen-bond acceptors (Lipinski definition) is 4. The van der Waals surface area contributed by atoms with Gasteiger partial charge >= 0.3 is 0 Å². The fourth-order valence-corrected chi connectivity index (χ4v) is 4.08. The van der Waals surface area contributed by atoms with E-state index in [0.29, 0.717) is 18.3 Å². The van der Waals surface area contributed by atoms with Gasteiger partial charge in [0.1, 0.15) is 0 Å². The highest BCUT2D eigenvalue weighted by molar-refractivity contribution is 5.16. The molecule has 6 unspecified atom stereocenters. The number of rotatable bonds is 5. The molecular weight excluding hydrogens is 484 g/mol. The zero-order valence-electron chi connectivity index (χ0n) is 27.4. The van der Waals surface area contributed by atoms with Gasteiger partial charge in [-0.15, -0.1) is 0 Å². The van der Waals surface area contributed by atoms with Gasteiger partial charge in [0, 0.05) is 12.0 Å². The van der Waals surface area contributed by atoms with Crippen LogP contribution in [0, 0.1) is 0 Å². The van der Waals surface area contributed by atoms with Crippen molar-refractivity contribution in [3.05, 3.63) is 71.8 Å². The minimum atomic E-state index is -0.181. The second kappa shape index (κ2) is 26.5. The molecule has 6 atom stereocenters. The molecule has 226 valence electrons. The predicted octanol–water partition coefficient (Wildman–Crippen LogP) is 10.6. The molecule has 2 aromatic rings. The molecule has 0 amide bonds. The Morgan fingerprint density at radius 3 is 1.49 bits per heavy atom. The van der Waals surface area contributed by atoms with Crippen molar-refractivity contribution >= 4 is 0 Å². The van der Waals surface area contributed by atoms with Crippen LogP contribution >= 0.6 is 0 Å². The van der Waals surface area contributed by atoms with Gasteiger partial charge in [0.2, 0.25) is 0 Å². The molecule has 0 bridgehead atoms. The first kappa shape index (κ1) is 39.4. The Bertz CT molecular complexity index is 737. The third-order valence-corrected chi connectivity index (χ3v) is 5.82. The summed E-state index contributed by atoms with van der Waals surface area (Å²) in [5, 5.41) is 0. The SMILES string of the molecule is CC.CC.CC.CC.CCC1CC(C)OC(Cc2ccccc2)O1.CCC1CC(C)OC(c2ccccc2)O1. The largest absolute Gasteiger partial charge is 0.349 e. The zero-order valence-corrected chi connectivity index (χ0v) is 27.4. The molecule has 4 nitrogen and oxygen atoms in total. The van der Waals surface area contributed by atoms with Gasteiger partial charge in [-0.25, -0.2) is 0 Å². The van der Waals surface area contributed by atoms with E-state index < -0.39 is 0 Å². The van der Waals surface area contributed by atoms with Crippen LogP contribution < -0.4 is 0 Å². The lowest BCUT2D eigenvalue weighted by molar-refractivity contribution is -0.243. The van der Waals surface area contributed by atoms with Gasteiger partial charge < -0.3 is 18.9 Å². The van der Waals surface area contributed by atoms with Crippen LogP contribution in [0.15, 0.2) is 60.7 Å². The van der Waals surface area contributed by atoms with Crippen LogP contribution in [0.2, 0.25) is 0 Å². The monoisotopic (exact) mass is 546 g/mol. The third kappa shape index (κ3) is 16.9. The van der Waals surface area contributed by atoms with Crippen molar-refractivity contribution < 1.29 is 18.9 Å². The highest BCUT2D eigenvalue weighted by Crippen LogP contribution is 2.30. The van der Waals surface area contributed by atoms with Crippen LogP contribution in [-0.2, 0) is 25.4 Å². The summed E-state index contributed by atoms with van der Waals surface area (Å²) in [6, 6.07) is 20.5. The summed E-state index contributed by atoms with van der Waals surface area (Å²) in [5.41, 5.74) is 2.39. The molecule has 2 aromatic carbocycles. The Hall–Kier alpha value is -1.72. The molecular formula is C35H62O4. The molecule has 39 heavy (non-hydrogen) atoms. The highest BCUT2D eigenvalue weighted by Gasteiger charge is 2.28. The molecule has 4 rings (SSSR count). The molecule has 0 radical (unpaired) electrons. The standard InChI is InChI=1S/C14H20O2.C13H18O2.4C2H6/c1-3-13-9-11(2)15-14(16-13)10-12-7-5-4-6-8-12;1-3-12-9-10(2)14-13(15-12)11-7-5-4-6-8-11;4*1-2/h4-8,11,13-14H,3,9-10H2,1-2H3;4-8,10,12-13H,3,9H2,1-2H3;4*1-2H3. The van der Waals surface area contributed by atoms with Crippen molar-refractivity contribution in [3.8, 4) is 0 Å². The normalized spacial score (nSPS) is 25.1. The summed E-state index contributed by atoms with van der Waals surface area (Å²) < 4.78 is 23.3. The van der Waals surface area contributed by atoms with Crippen molar-refractivity contribution in [1.29, 1.82) is 0 Å². The average molecular weight is 547 g/mol. The maximum absolute atomic E-state index is 5.89. The molecule has 4 heteroatoms. The van der Waals surface area contributed by atoms with Crippen LogP contribution in [0.5, 0.6) is 0 Å². The molecule has 0 saturated carbocycles. The smallest absolute Gasteiger partial charge is 0.184 e. The number of benzene rings is 2. The summed E-state index contributed by atoms with van der Waals surface area (Å²) in [6.07, 6.45) is 6.02. The van der Waals surface area contributed by atoms with Gasteiger partial charge in [0.05, 0.1) is 24.4 Å². The third-order valence-electron chi connectivity index (χ3n) is 5.82. The summed E-state index contributed by atoms with van der Waals surface area (Å²) in [7, 11) is 0. The molecule has 2 saturated heterocycles. The first-order valence-electron chi connectivity index (χ1n) is 15.8. The Morgan fingerprint density at radius 2 is 1.00 bits per heavy atom. The second-order valence-corrected chi connectivity index (χ2v) is 8.56. The van der Waals surface area contributed by atoms with Gasteiger partial charge in [0.25, 0.3) is 0 Å². The topological polar surface area (TPSA) is 36.9 Å². The van der Waals surface area contributed by atoms with Crippen LogP contribution in [0.3, 0.4) is 0 Å². The van der Waals surface area contributed by atoms with Crippen molar-refractivity contribution in [3.63, 3.8) is 0 Å². The second-order valence-electron chi connectivity index (χ2n) is 8.56. The average Bonchev–Trinajstić information content (AvgIpc) is 3.02. The van der Waals surface area contributed by atoms with E-state index in [1.165, 1.54) is 5.56 Å². The van der Waals surface area contributed by atoms with Gasteiger partial charge in [-0.05, 0) is 45.1 Å². The quantitative estimate of drug-likeness (QED) is 0.374. The highest BCUT2D eigenvalue weighted by atomic mass is 16.7. The summed E-state index contributed by atoms with van der Waals surface area (Å²) in [5.74, 6) is 0. The first-order valence-corrected chi connectivity index (χ1v) is 15.8. The van der Waals surface area contributed by atoms with E-state index in [1.54, 1.807) is 0 Å². The minimum absolute atomic E-state index is 0.0731. The van der Waals surface area contributed by atoms with E-state index in [9.17, 15) is 0 Å². The summed E-state index contributed by atoms with van der Waals surface area (Å²) in [6.45, 7) is 24.6.